The number of hydrogen-bond acceptors (Lipinski definition) is 6. The summed E-state index contributed by atoms with van der Waals surface area (Å²) in [5.74, 6) is 1.43. The highest BCUT2D eigenvalue weighted by Gasteiger charge is 2.42. The average Bonchev–Trinajstić information content (AvgIpc) is 3.14. The van der Waals surface area contributed by atoms with Crippen molar-refractivity contribution in [3.05, 3.63) is 70.8 Å². The van der Waals surface area contributed by atoms with Gasteiger partial charge in [0.05, 0.1) is 0 Å². The van der Waals surface area contributed by atoms with E-state index >= 15 is 0 Å². The molecule has 0 aliphatic heterocycles. The standard InChI is InChI=1S/C38H54BN4O4/c40-25-1-3-33(42-35(44)29-5-9-31(10-6-29)37-19-13-27(14-20-37)15-21-37)46-39-47-34(4-2-26-41)43-36(45)30-7-11-32(12-8-30)38-22-16-28(17-23-38)18-24-38/h5-12,27-28,33-34H,1-4,13-26,40-41H2,(H,42,44)(H,43,45). The molecule has 2 unspecified atom stereocenters. The fraction of sp³-hybridized carbons (Fsp3) is 0.632. The van der Waals surface area contributed by atoms with Crippen molar-refractivity contribution in [2.75, 3.05) is 13.1 Å². The third-order valence-corrected chi connectivity index (χ3v) is 12.1. The summed E-state index contributed by atoms with van der Waals surface area (Å²) in [5, 5.41) is 5.98. The van der Waals surface area contributed by atoms with E-state index in [1.165, 1.54) is 95.9 Å². The number of carbonyl (C=O) groups is 2. The van der Waals surface area contributed by atoms with Crippen molar-refractivity contribution in [3.63, 3.8) is 0 Å². The number of fused-ring (bicyclic) bond motifs is 6. The maximum absolute atomic E-state index is 13.2. The van der Waals surface area contributed by atoms with Gasteiger partial charge >= 0.3 is 7.69 Å². The van der Waals surface area contributed by atoms with Crippen molar-refractivity contribution in [2.24, 2.45) is 23.3 Å². The van der Waals surface area contributed by atoms with Crippen molar-refractivity contribution < 1.29 is 18.9 Å². The second kappa shape index (κ2) is 15.7. The van der Waals surface area contributed by atoms with E-state index in [-0.39, 0.29) is 22.6 Å². The summed E-state index contributed by atoms with van der Waals surface area (Å²) in [7, 11) is 1.23. The number of benzene rings is 2. The summed E-state index contributed by atoms with van der Waals surface area (Å²) in [6.07, 6.45) is 16.7. The predicted octanol–water partition coefficient (Wildman–Crippen LogP) is 5.99. The van der Waals surface area contributed by atoms with Crippen LogP contribution in [0.4, 0.5) is 0 Å². The second-order valence-electron chi connectivity index (χ2n) is 14.8. The highest BCUT2D eigenvalue weighted by atomic mass is 16.6. The van der Waals surface area contributed by atoms with Gasteiger partial charge in [-0.3, -0.25) is 9.59 Å². The molecule has 0 saturated heterocycles. The van der Waals surface area contributed by atoms with Gasteiger partial charge in [0, 0.05) is 11.1 Å². The van der Waals surface area contributed by atoms with Gasteiger partial charge in [0.2, 0.25) is 0 Å². The molecule has 2 atom stereocenters. The van der Waals surface area contributed by atoms with Crippen molar-refractivity contribution in [1.82, 2.24) is 10.6 Å². The summed E-state index contributed by atoms with van der Waals surface area (Å²) >= 11 is 0. The zero-order valence-corrected chi connectivity index (χ0v) is 28.0. The Kier molecular flexibility index (Phi) is 11.4. The molecule has 0 aromatic heterocycles. The highest BCUT2D eigenvalue weighted by Crippen LogP contribution is 2.52. The first kappa shape index (κ1) is 34.2. The first-order chi connectivity index (χ1) is 22.9. The topological polar surface area (TPSA) is 129 Å². The zero-order valence-electron chi connectivity index (χ0n) is 28.0. The monoisotopic (exact) mass is 641 g/mol. The summed E-state index contributed by atoms with van der Waals surface area (Å²) < 4.78 is 11.8. The van der Waals surface area contributed by atoms with Crippen LogP contribution in [0, 0.1) is 11.8 Å². The third kappa shape index (κ3) is 8.13. The lowest BCUT2D eigenvalue weighted by Crippen LogP contribution is -2.42. The van der Waals surface area contributed by atoms with Gasteiger partial charge in [-0.25, -0.2) is 0 Å². The molecule has 2 amide bonds. The molecular weight excluding hydrogens is 587 g/mol. The molecule has 8 nitrogen and oxygen atoms in total. The van der Waals surface area contributed by atoms with E-state index in [0.717, 1.165) is 11.8 Å². The minimum absolute atomic E-state index is 0.200. The smallest absolute Gasteiger partial charge is 0.393 e. The summed E-state index contributed by atoms with van der Waals surface area (Å²) in [6, 6.07) is 16.3. The first-order valence-electron chi connectivity index (χ1n) is 18.3. The number of amides is 2. The van der Waals surface area contributed by atoms with Gasteiger partial charge < -0.3 is 31.4 Å². The van der Waals surface area contributed by atoms with Gasteiger partial charge in [0.25, 0.3) is 11.8 Å². The molecule has 2 aromatic rings. The summed E-state index contributed by atoms with van der Waals surface area (Å²) in [6.45, 7) is 0.952. The lowest BCUT2D eigenvalue weighted by atomic mass is 9.58. The van der Waals surface area contributed by atoms with Gasteiger partial charge in [-0.1, -0.05) is 24.3 Å². The quantitative estimate of drug-likeness (QED) is 0.132. The Hall–Kier alpha value is -2.72. The van der Waals surface area contributed by atoms with Crippen LogP contribution >= 0.6 is 0 Å². The van der Waals surface area contributed by atoms with Gasteiger partial charge in [0.15, 0.2) is 0 Å². The van der Waals surface area contributed by atoms with Crippen molar-refractivity contribution in [1.29, 1.82) is 0 Å². The molecule has 0 heterocycles. The average molecular weight is 642 g/mol. The van der Waals surface area contributed by atoms with Gasteiger partial charge in [-0.15, -0.1) is 0 Å². The SMILES string of the molecule is NCCCC(NC(=O)c1ccc(C23CCC(CC2)CC3)cc1)O[B]OC(CCCN)NC(=O)c1ccc(C23CCC(CC2)CC3)cc1. The first-order valence-corrected chi connectivity index (χ1v) is 18.3. The molecule has 6 N–H and O–H groups in total. The van der Waals surface area contributed by atoms with E-state index in [9.17, 15) is 9.59 Å². The molecule has 2 aromatic carbocycles. The molecule has 6 fully saturated rings. The van der Waals surface area contributed by atoms with E-state index < -0.39 is 12.5 Å². The zero-order chi connectivity index (χ0) is 32.7. The Morgan fingerprint density at radius 2 is 0.979 bits per heavy atom. The van der Waals surface area contributed by atoms with Gasteiger partial charge in [-0.05, 0) is 174 Å². The van der Waals surface area contributed by atoms with E-state index in [1.807, 2.05) is 24.3 Å². The Balaban J connectivity index is 1.01. The largest absolute Gasteiger partial charge is 0.491 e. The van der Waals surface area contributed by atoms with Crippen LogP contribution in [0.25, 0.3) is 0 Å². The molecule has 1 radical (unpaired) electrons. The lowest BCUT2D eigenvalue weighted by Gasteiger charge is -2.47. The van der Waals surface area contributed by atoms with Crippen LogP contribution in [0.3, 0.4) is 0 Å². The van der Waals surface area contributed by atoms with E-state index in [0.29, 0.717) is 49.9 Å². The van der Waals surface area contributed by atoms with Crippen LogP contribution in [-0.2, 0) is 20.1 Å². The summed E-state index contributed by atoms with van der Waals surface area (Å²) in [5.41, 5.74) is 16.1. The number of carbonyl (C=O) groups excluding carboxylic acids is 2. The second-order valence-corrected chi connectivity index (χ2v) is 14.8. The van der Waals surface area contributed by atoms with Crippen molar-refractivity contribution >= 4 is 19.5 Å². The number of hydrogen-bond donors (Lipinski definition) is 4. The predicted molar refractivity (Wildman–Crippen MR) is 186 cm³/mol. The molecule has 0 spiro atoms. The van der Waals surface area contributed by atoms with E-state index in [2.05, 4.69) is 34.9 Å². The molecule has 47 heavy (non-hydrogen) atoms. The van der Waals surface area contributed by atoms with Crippen LogP contribution in [0.1, 0.15) is 135 Å². The van der Waals surface area contributed by atoms with Crippen LogP contribution in [-0.4, -0.2) is 45.0 Å². The minimum atomic E-state index is -0.620. The van der Waals surface area contributed by atoms with Crippen LogP contribution < -0.4 is 22.1 Å². The third-order valence-electron chi connectivity index (χ3n) is 12.1. The number of rotatable bonds is 16. The maximum atomic E-state index is 13.2. The normalized spacial score (nSPS) is 27.6. The highest BCUT2D eigenvalue weighted by molar-refractivity contribution is 6.18. The van der Waals surface area contributed by atoms with Crippen LogP contribution in [0.15, 0.2) is 48.5 Å². The number of nitrogens with two attached hydrogens (primary N) is 2. The molecule has 9 heteroatoms. The van der Waals surface area contributed by atoms with Crippen LogP contribution in [0.5, 0.6) is 0 Å². The fourth-order valence-corrected chi connectivity index (χ4v) is 8.90. The van der Waals surface area contributed by atoms with Gasteiger partial charge in [-0.2, -0.15) is 0 Å². The van der Waals surface area contributed by atoms with Crippen LogP contribution in [0.2, 0.25) is 0 Å². The van der Waals surface area contributed by atoms with Crippen molar-refractivity contribution in [2.45, 2.75) is 126 Å². The van der Waals surface area contributed by atoms with E-state index in [1.54, 1.807) is 0 Å². The maximum Gasteiger partial charge on any atom is 0.491 e. The molecule has 6 aliphatic rings. The molecule has 6 saturated carbocycles. The Morgan fingerprint density at radius 3 is 1.30 bits per heavy atom. The van der Waals surface area contributed by atoms with E-state index in [4.69, 9.17) is 20.8 Å². The Morgan fingerprint density at radius 1 is 0.638 bits per heavy atom. The molecule has 4 bridgehead atoms. The van der Waals surface area contributed by atoms with Crippen molar-refractivity contribution in [3.8, 4) is 0 Å². The molecule has 253 valence electrons. The Bertz CT molecular complexity index is 1190. The molecule has 8 rings (SSSR count). The summed E-state index contributed by atoms with van der Waals surface area (Å²) in [4.78, 5) is 26.4. The minimum Gasteiger partial charge on any atom is -0.393 e. The fourth-order valence-electron chi connectivity index (χ4n) is 8.90. The lowest BCUT2D eigenvalue weighted by molar-refractivity contribution is 0.0602. The molecular formula is C38H54BN4O4. The molecule has 6 aliphatic carbocycles. The Labute approximate surface area is 281 Å². The van der Waals surface area contributed by atoms with Gasteiger partial charge in [0.1, 0.15) is 12.5 Å². The number of nitrogens with one attached hydrogen (secondary N) is 2.